The molecule has 2 rings (SSSR count). The van der Waals surface area contributed by atoms with E-state index in [0.717, 1.165) is 10.0 Å². The molecule has 1 unspecified atom stereocenters. The van der Waals surface area contributed by atoms with Gasteiger partial charge in [0.05, 0.1) is 17.3 Å². The number of aliphatic hydroxyl groups is 1. The van der Waals surface area contributed by atoms with Gasteiger partial charge in [0.25, 0.3) is 0 Å². The third-order valence-electron chi connectivity index (χ3n) is 2.60. The van der Waals surface area contributed by atoms with Crippen LogP contribution < -0.4 is 0 Å². The van der Waals surface area contributed by atoms with Gasteiger partial charge in [-0.1, -0.05) is 30.3 Å². The van der Waals surface area contributed by atoms with Gasteiger partial charge in [-0.25, -0.2) is 0 Å². The van der Waals surface area contributed by atoms with Crippen LogP contribution in [0.15, 0.2) is 51.6 Å². The molecule has 2 aromatic rings. The minimum Gasteiger partial charge on any atom is -0.465 e. The van der Waals surface area contributed by atoms with Gasteiger partial charge in [-0.3, -0.25) is 0 Å². The topological polar surface area (TPSA) is 42.6 Å². The predicted molar refractivity (Wildman–Crippen MR) is 67.7 cm³/mol. The molecule has 0 saturated carbocycles. The summed E-state index contributed by atoms with van der Waals surface area (Å²) in [5.41, 5.74) is -0.546. The van der Waals surface area contributed by atoms with Gasteiger partial charge in [-0.05, 0) is 27.6 Å². The van der Waals surface area contributed by atoms with Crippen LogP contribution in [0.1, 0.15) is 11.3 Å². The van der Waals surface area contributed by atoms with Crippen molar-refractivity contribution in [2.75, 3.05) is 13.7 Å². The molecule has 0 spiro atoms. The fraction of sp³-hybridized carbons (Fsp3) is 0.231. The van der Waals surface area contributed by atoms with E-state index >= 15 is 0 Å². The Morgan fingerprint density at radius 2 is 2.00 bits per heavy atom. The fourth-order valence-corrected chi connectivity index (χ4v) is 2.32. The van der Waals surface area contributed by atoms with Crippen molar-refractivity contribution in [1.29, 1.82) is 0 Å². The van der Waals surface area contributed by atoms with Crippen molar-refractivity contribution >= 4 is 15.9 Å². The Labute approximate surface area is 108 Å². The molecular weight excluding hydrogens is 284 g/mol. The summed E-state index contributed by atoms with van der Waals surface area (Å²) in [4.78, 5) is 0. The van der Waals surface area contributed by atoms with Crippen LogP contribution in [-0.4, -0.2) is 18.8 Å². The SMILES string of the molecule is COCC(O)(c1ccccc1)c1occc1Br. The summed E-state index contributed by atoms with van der Waals surface area (Å²) >= 11 is 3.36. The average molecular weight is 297 g/mol. The molecule has 0 aliphatic heterocycles. The highest BCUT2D eigenvalue weighted by molar-refractivity contribution is 9.10. The zero-order valence-electron chi connectivity index (χ0n) is 9.39. The zero-order valence-corrected chi connectivity index (χ0v) is 11.0. The van der Waals surface area contributed by atoms with E-state index in [1.54, 1.807) is 13.2 Å². The number of rotatable bonds is 4. The van der Waals surface area contributed by atoms with Gasteiger partial charge in [0, 0.05) is 7.11 Å². The first kappa shape index (κ1) is 12.4. The molecule has 1 aromatic heterocycles. The highest BCUT2D eigenvalue weighted by Crippen LogP contribution is 2.35. The number of methoxy groups -OCH3 is 1. The summed E-state index contributed by atoms with van der Waals surface area (Å²) in [6.07, 6.45) is 1.53. The molecule has 0 aliphatic rings. The Bertz CT molecular complexity index is 480. The number of furan rings is 1. The van der Waals surface area contributed by atoms with Gasteiger partial charge in [0.2, 0.25) is 0 Å². The highest BCUT2D eigenvalue weighted by atomic mass is 79.9. The second-order valence-electron chi connectivity index (χ2n) is 3.76. The standard InChI is InChI=1S/C13H13BrO3/c1-16-9-13(15,10-5-3-2-4-6-10)12-11(14)7-8-17-12/h2-8,15H,9H2,1H3. The minimum absolute atomic E-state index is 0.128. The van der Waals surface area contributed by atoms with Crippen LogP contribution in [0.2, 0.25) is 0 Å². The van der Waals surface area contributed by atoms with Crippen molar-refractivity contribution in [1.82, 2.24) is 0 Å². The molecule has 1 aromatic carbocycles. The summed E-state index contributed by atoms with van der Waals surface area (Å²) in [5, 5.41) is 10.8. The summed E-state index contributed by atoms with van der Waals surface area (Å²) in [7, 11) is 1.55. The molecule has 1 atom stereocenters. The molecule has 0 saturated heterocycles. The van der Waals surface area contributed by atoms with E-state index in [2.05, 4.69) is 15.9 Å². The average Bonchev–Trinajstić information content (AvgIpc) is 2.77. The Hall–Kier alpha value is -1.10. The number of halogens is 1. The van der Waals surface area contributed by atoms with Gasteiger partial charge in [-0.15, -0.1) is 0 Å². The lowest BCUT2D eigenvalue weighted by Gasteiger charge is -2.26. The van der Waals surface area contributed by atoms with Crippen molar-refractivity contribution in [2.24, 2.45) is 0 Å². The highest BCUT2D eigenvalue weighted by Gasteiger charge is 2.36. The van der Waals surface area contributed by atoms with Crippen molar-refractivity contribution in [3.8, 4) is 0 Å². The molecule has 17 heavy (non-hydrogen) atoms. The summed E-state index contributed by atoms with van der Waals surface area (Å²) in [6.45, 7) is 0.128. The van der Waals surface area contributed by atoms with Crippen LogP contribution >= 0.6 is 15.9 Å². The molecule has 90 valence electrons. The van der Waals surface area contributed by atoms with E-state index in [-0.39, 0.29) is 6.61 Å². The molecule has 0 radical (unpaired) electrons. The lowest BCUT2D eigenvalue weighted by atomic mass is 9.92. The Balaban J connectivity index is 2.50. The third-order valence-corrected chi connectivity index (χ3v) is 3.22. The van der Waals surface area contributed by atoms with Crippen LogP contribution in [0.4, 0.5) is 0 Å². The van der Waals surface area contributed by atoms with Gasteiger partial charge >= 0.3 is 0 Å². The van der Waals surface area contributed by atoms with Crippen LogP contribution in [0.5, 0.6) is 0 Å². The molecular formula is C13H13BrO3. The van der Waals surface area contributed by atoms with E-state index in [9.17, 15) is 5.11 Å². The Morgan fingerprint density at radius 1 is 1.29 bits per heavy atom. The van der Waals surface area contributed by atoms with Crippen LogP contribution in [0.25, 0.3) is 0 Å². The monoisotopic (exact) mass is 296 g/mol. The van der Waals surface area contributed by atoms with Crippen LogP contribution in [0, 0.1) is 0 Å². The molecule has 3 nitrogen and oxygen atoms in total. The maximum atomic E-state index is 10.8. The van der Waals surface area contributed by atoms with Crippen molar-refractivity contribution < 1.29 is 14.3 Å². The predicted octanol–water partition coefficient (Wildman–Crippen LogP) is 2.92. The first-order valence-corrected chi connectivity index (χ1v) is 5.98. The lowest BCUT2D eigenvalue weighted by Crippen LogP contribution is -2.32. The normalized spacial score (nSPS) is 14.5. The number of hydrogen-bond donors (Lipinski definition) is 1. The maximum absolute atomic E-state index is 10.8. The van der Waals surface area contributed by atoms with Crippen molar-refractivity contribution in [3.05, 3.63) is 58.5 Å². The van der Waals surface area contributed by atoms with Crippen molar-refractivity contribution in [2.45, 2.75) is 5.60 Å². The lowest BCUT2D eigenvalue weighted by molar-refractivity contribution is -0.0190. The largest absolute Gasteiger partial charge is 0.465 e. The quantitative estimate of drug-likeness (QED) is 0.943. The molecule has 0 amide bonds. The second kappa shape index (κ2) is 5.04. The van der Waals surface area contributed by atoms with Crippen molar-refractivity contribution in [3.63, 3.8) is 0 Å². The van der Waals surface area contributed by atoms with Gasteiger partial charge < -0.3 is 14.3 Å². The number of hydrogen-bond acceptors (Lipinski definition) is 3. The molecule has 0 fully saturated rings. The zero-order chi connectivity index (χ0) is 12.3. The van der Waals surface area contributed by atoms with Gasteiger partial charge in [0.1, 0.15) is 0 Å². The van der Waals surface area contributed by atoms with E-state index < -0.39 is 5.60 Å². The summed E-state index contributed by atoms with van der Waals surface area (Å²) in [6, 6.07) is 11.1. The molecule has 4 heteroatoms. The van der Waals surface area contributed by atoms with E-state index in [0.29, 0.717) is 5.76 Å². The molecule has 1 N–H and O–H groups in total. The number of benzene rings is 1. The molecule has 1 heterocycles. The minimum atomic E-state index is -1.28. The maximum Gasteiger partial charge on any atom is 0.171 e. The molecule has 0 aliphatic carbocycles. The Morgan fingerprint density at radius 3 is 2.53 bits per heavy atom. The van der Waals surface area contributed by atoms with E-state index in [4.69, 9.17) is 9.15 Å². The van der Waals surface area contributed by atoms with Crippen LogP contribution in [-0.2, 0) is 10.3 Å². The summed E-state index contributed by atoms with van der Waals surface area (Å²) < 4.78 is 11.2. The Kier molecular flexibility index (Phi) is 3.66. The first-order valence-electron chi connectivity index (χ1n) is 5.19. The van der Waals surface area contributed by atoms with Crippen LogP contribution in [0.3, 0.4) is 0 Å². The first-order chi connectivity index (χ1) is 8.18. The second-order valence-corrected chi connectivity index (χ2v) is 4.61. The van der Waals surface area contributed by atoms with Gasteiger partial charge in [-0.2, -0.15) is 0 Å². The van der Waals surface area contributed by atoms with Gasteiger partial charge in [0.15, 0.2) is 11.4 Å². The fourth-order valence-electron chi connectivity index (χ4n) is 1.79. The van der Waals surface area contributed by atoms with E-state index in [1.165, 1.54) is 6.26 Å². The smallest absolute Gasteiger partial charge is 0.171 e. The number of ether oxygens (including phenoxy) is 1. The summed E-state index contributed by atoms with van der Waals surface area (Å²) in [5.74, 6) is 0.450. The van der Waals surface area contributed by atoms with E-state index in [1.807, 2.05) is 30.3 Å². The third kappa shape index (κ3) is 2.29. The molecule has 0 bridgehead atoms.